The number of benzene rings is 2. The smallest absolute Gasteiger partial charge is 0.232 e. The molecular weight excluding hydrogens is 234 g/mol. The van der Waals surface area contributed by atoms with Crippen LogP contribution in [0.25, 0.3) is 11.1 Å². The van der Waals surface area contributed by atoms with E-state index >= 15 is 0 Å². The molecule has 0 saturated carbocycles. The maximum atomic E-state index is 12.4. The molecule has 2 heteroatoms. The molecule has 0 atom stereocenters. The molecule has 1 aliphatic carbocycles. The number of carbonyl (C=O) groups excluding carboxylic acids is 1. The normalized spacial score (nSPS) is 12.9. The molecule has 2 aromatic rings. The first kappa shape index (κ1) is 12.0. The summed E-state index contributed by atoms with van der Waals surface area (Å²) >= 11 is 0. The van der Waals surface area contributed by atoms with Crippen molar-refractivity contribution in [2.45, 2.75) is 19.3 Å². The predicted molar refractivity (Wildman–Crippen MR) is 77.0 cm³/mol. The predicted octanol–water partition coefficient (Wildman–Crippen LogP) is 3.33. The monoisotopic (exact) mass is 251 g/mol. The molecule has 0 unspecified atom stereocenters. The third-order valence-electron chi connectivity index (χ3n) is 3.65. The molecule has 19 heavy (non-hydrogen) atoms. The number of hydrogen-bond donors (Lipinski definition) is 1. The Kier molecular flexibility index (Phi) is 3.08. The summed E-state index contributed by atoms with van der Waals surface area (Å²) in [7, 11) is 0. The number of fused-ring (bicyclic) bond motifs is 3. The number of amides is 1. The van der Waals surface area contributed by atoms with Crippen molar-refractivity contribution in [3.8, 4) is 11.1 Å². The van der Waals surface area contributed by atoms with Crippen LogP contribution in [0.2, 0.25) is 0 Å². The molecule has 0 saturated heterocycles. The van der Waals surface area contributed by atoms with E-state index in [0.717, 1.165) is 24.1 Å². The summed E-state index contributed by atoms with van der Waals surface area (Å²) in [5.41, 5.74) is 4.62. The van der Waals surface area contributed by atoms with E-state index in [9.17, 15) is 4.79 Å². The fourth-order valence-corrected chi connectivity index (χ4v) is 2.79. The van der Waals surface area contributed by atoms with Crippen LogP contribution in [-0.2, 0) is 4.79 Å². The van der Waals surface area contributed by atoms with Crippen LogP contribution in [0.5, 0.6) is 0 Å². The summed E-state index contributed by atoms with van der Waals surface area (Å²) in [4.78, 5) is 12.4. The lowest BCUT2D eigenvalue weighted by molar-refractivity contribution is -0.121. The zero-order valence-electron chi connectivity index (χ0n) is 11.0. The minimum absolute atomic E-state index is 0.110. The van der Waals surface area contributed by atoms with E-state index in [1.807, 2.05) is 24.3 Å². The van der Waals surface area contributed by atoms with Gasteiger partial charge in [0.25, 0.3) is 0 Å². The van der Waals surface area contributed by atoms with E-state index in [1.54, 1.807) is 0 Å². The van der Waals surface area contributed by atoms with Gasteiger partial charge in [-0.2, -0.15) is 0 Å². The molecule has 0 aromatic heterocycles. The second-order valence-corrected chi connectivity index (χ2v) is 4.90. The second-order valence-electron chi connectivity index (χ2n) is 4.90. The first-order chi connectivity index (χ1) is 9.33. The maximum absolute atomic E-state index is 12.4. The Bertz CT molecular complexity index is 573. The molecule has 2 nitrogen and oxygen atoms in total. The summed E-state index contributed by atoms with van der Waals surface area (Å²) in [6.07, 6.45) is 0.960. The molecule has 0 aliphatic heterocycles. The second kappa shape index (κ2) is 4.88. The van der Waals surface area contributed by atoms with Gasteiger partial charge >= 0.3 is 0 Å². The van der Waals surface area contributed by atoms with Crippen LogP contribution in [-0.4, -0.2) is 12.5 Å². The van der Waals surface area contributed by atoms with Gasteiger partial charge in [-0.1, -0.05) is 55.5 Å². The minimum atomic E-state index is -0.154. The highest BCUT2D eigenvalue weighted by atomic mass is 16.1. The SMILES string of the molecule is CCCNC(=O)C1c2ccccc2-c2ccccc21. The molecule has 2 aromatic carbocycles. The summed E-state index contributed by atoms with van der Waals surface area (Å²) in [5.74, 6) is -0.0433. The van der Waals surface area contributed by atoms with Gasteiger partial charge in [-0.25, -0.2) is 0 Å². The third-order valence-corrected chi connectivity index (χ3v) is 3.65. The number of carbonyl (C=O) groups is 1. The Balaban J connectivity index is 2.07. The van der Waals surface area contributed by atoms with Gasteiger partial charge in [0.1, 0.15) is 0 Å². The molecule has 0 spiro atoms. The van der Waals surface area contributed by atoms with Crippen LogP contribution in [0, 0.1) is 0 Å². The van der Waals surface area contributed by atoms with Crippen LogP contribution in [0.4, 0.5) is 0 Å². The summed E-state index contributed by atoms with van der Waals surface area (Å²) < 4.78 is 0. The summed E-state index contributed by atoms with van der Waals surface area (Å²) in [5, 5.41) is 3.02. The highest BCUT2D eigenvalue weighted by Gasteiger charge is 2.32. The molecule has 0 fully saturated rings. The Hall–Kier alpha value is -2.09. The van der Waals surface area contributed by atoms with Gasteiger partial charge in [-0.3, -0.25) is 4.79 Å². The fraction of sp³-hybridized carbons (Fsp3) is 0.235. The van der Waals surface area contributed by atoms with Crippen molar-refractivity contribution in [1.82, 2.24) is 5.32 Å². The van der Waals surface area contributed by atoms with E-state index in [2.05, 4.69) is 36.5 Å². The molecule has 0 radical (unpaired) electrons. The van der Waals surface area contributed by atoms with Crippen LogP contribution in [0.15, 0.2) is 48.5 Å². The maximum Gasteiger partial charge on any atom is 0.232 e. The average molecular weight is 251 g/mol. The first-order valence-electron chi connectivity index (χ1n) is 6.79. The molecule has 1 amide bonds. The molecule has 3 rings (SSSR count). The van der Waals surface area contributed by atoms with Crippen molar-refractivity contribution >= 4 is 5.91 Å². The average Bonchev–Trinajstić information content (AvgIpc) is 2.79. The van der Waals surface area contributed by atoms with E-state index < -0.39 is 0 Å². The highest BCUT2D eigenvalue weighted by Crippen LogP contribution is 2.44. The molecule has 0 heterocycles. The first-order valence-corrected chi connectivity index (χ1v) is 6.79. The van der Waals surface area contributed by atoms with Crippen LogP contribution >= 0.6 is 0 Å². The molecule has 1 N–H and O–H groups in total. The Labute approximate surface area is 113 Å². The Morgan fingerprint density at radius 3 is 2.05 bits per heavy atom. The van der Waals surface area contributed by atoms with Crippen LogP contribution < -0.4 is 5.32 Å². The summed E-state index contributed by atoms with van der Waals surface area (Å²) in [6, 6.07) is 16.4. The van der Waals surface area contributed by atoms with Crippen molar-refractivity contribution in [3.05, 3.63) is 59.7 Å². The topological polar surface area (TPSA) is 29.1 Å². The van der Waals surface area contributed by atoms with Crippen LogP contribution in [0.3, 0.4) is 0 Å². The lowest BCUT2D eigenvalue weighted by atomic mass is 9.96. The highest BCUT2D eigenvalue weighted by molar-refractivity contribution is 5.96. The van der Waals surface area contributed by atoms with Gasteiger partial charge in [-0.15, -0.1) is 0 Å². The zero-order valence-corrected chi connectivity index (χ0v) is 11.0. The van der Waals surface area contributed by atoms with Crippen molar-refractivity contribution in [3.63, 3.8) is 0 Å². The van der Waals surface area contributed by atoms with Crippen molar-refractivity contribution in [2.24, 2.45) is 0 Å². The van der Waals surface area contributed by atoms with E-state index in [1.165, 1.54) is 11.1 Å². The number of rotatable bonds is 3. The van der Waals surface area contributed by atoms with Gasteiger partial charge < -0.3 is 5.32 Å². The Morgan fingerprint density at radius 2 is 1.53 bits per heavy atom. The number of nitrogens with one attached hydrogen (secondary N) is 1. The largest absolute Gasteiger partial charge is 0.355 e. The van der Waals surface area contributed by atoms with Crippen LogP contribution in [0.1, 0.15) is 30.4 Å². The molecule has 0 bridgehead atoms. The van der Waals surface area contributed by atoms with E-state index in [-0.39, 0.29) is 11.8 Å². The van der Waals surface area contributed by atoms with Crippen molar-refractivity contribution < 1.29 is 4.79 Å². The van der Waals surface area contributed by atoms with Gasteiger partial charge in [0, 0.05) is 6.54 Å². The standard InChI is InChI=1S/C17H17NO/c1-2-11-18-17(19)16-14-9-5-3-7-12(14)13-8-4-6-10-15(13)16/h3-10,16H,2,11H2,1H3,(H,18,19). The summed E-state index contributed by atoms with van der Waals surface area (Å²) in [6.45, 7) is 2.80. The van der Waals surface area contributed by atoms with E-state index in [0.29, 0.717) is 0 Å². The van der Waals surface area contributed by atoms with Gasteiger partial charge in [-0.05, 0) is 28.7 Å². The van der Waals surface area contributed by atoms with E-state index in [4.69, 9.17) is 0 Å². The molecule has 1 aliphatic rings. The number of hydrogen-bond acceptors (Lipinski definition) is 1. The fourth-order valence-electron chi connectivity index (χ4n) is 2.79. The Morgan fingerprint density at radius 1 is 1.00 bits per heavy atom. The van der Waals surface area contributed by atoms with Gasteiger partial charge in [0.2, 0.25) is 5.91 Å². The van der Waals surface area contributed by atoms with Gasteiger partial charge in [0.05, 0.1) is 5.92 Å². The lowest BCUT2D eigenvalue weighted by Crippen LogP contribution is -2.29. The molecule has 96 valence electrons. The zero-order chi connectivity index (χ0) is 13.2. The quantitative estimate of drug-likeness (QED) is 0.890. The van der Waals surface area contributed by atoms with Crippen molar-refractivity contribution in [2.75, 3.05) is 6.54 Å². The van der Waals surface area contributed by atoms with Gasteiger partial charge in [0.15, 0.2) is 0 Å². The minimum Gasteiger partial charge on any atom is -0.355 e. The third kappa shape index (κ3) is 1.93. The lowest BCUT2D eigenvalue weighted by Gasteiger charge is -2.13. The van der Waals surface area contributed by atoms with Crippen molar-refractivity contribution in [1.29, 1.82) is 0 Å². The molecular formula is C17H17NO.